The van der Waals surface area contributed by atoms with Crippen LogP contribution in [-0.4, -0.2) is 0 Å². The average molecular weight is 349 g/mol. The Balaban J connectivity index is 2.51. The molecule has 0 heterocycles. The van der Waals surface area contributed by atoms with Gasteiger partial charge in [0.25, 0.3) is 0 Å². The quantitative estimate of drug-likeness (QED) is 0.816. The summed E-state index contributed by atoms with van der Waals surface area (Å²) < 4.78 is 14.0. The summed E-state index contributed by atoms with van der Waals surface area (Å²) in [5, 5.41) is 0.819. The van der Waals surface area contributed by atoms with E-state index in [1.807, 2.05) is 0 Å². The maximum Gasteiger partial charge on any atom is 0.123 e. The number of hydrogen-bond donors (Lipinski definition) is 1. The Labute approximate surface area is 123 Å². The summed E-state index contributed by atoms with van der Waals surface area (Å²) >= 11 is 15.4. The minimum absolute atomic E-state index is 0.346. The second-order valence-electron chi connectivity index (χ2n) is 3.79. The van der Waals surface area contributed by atoms with E-state index in [2.05, 4.69) is 15.9 Å². The number of rotatable bonds is 2. The molecule has 0 aromatic heterocycles. The van der Waals surface area contributed by atoms with E-state index in [0.717, 1.165) is 4.47 Å². The van der Waals surface area contributed by atoms with Crippen molar-refractivity contribution in [3.8, 4) is 0 Å². The predicted molar refractivity (Wildman–Crippen MR) is 76.6 cm³/mol. The fourth-order valence-corrected chi connectivity index (χ4v) is 2.60. The molecule has 1 nitrogen and oxygen atoms in total. The summed E-state index contributed by atoms with van der Waals surface area (Å²) in [6, 6.07) is 9.03. The van der Waals surface area contributed by atoms with Crippen LogP contribution in [0.1, 0.15) is 17.2 Å². The van der Waals surface area contributed by atoms with Crippen LogP contribution in [0.25, 0.3) is 0 Å². The van der Waals surface area contributed by atoms with Gasteiger partial charge in [-0.25, -0.2) is 4.39 Å². The van der Waals surface area contributed by atoms with Crippen LogP contribution in [0.4, 0.5) is 4.39 Å². The zero-order valence-corrected chi connectivity index (χ0v) is 12.2. The largest absolute Gasteiger partial charge is 0.320 e. The highest BCUT2D eigenvalue weighted by molar-refractivity contribution is 9.10. The molecule has 0 saturated carbocycles. The van der Waals surface area contributed by atoms with Gasteiger partial charge in [-0.3, -0.25) is 0 Å². The molecular weight excluding hydrogens is 340 g/mol. The maximum atomic E-state index is 13.3. The summed E-state index contributed by atoms with van der Waals surface area (Å²) in [6.45, 7) is 0. The van der Waals surface area contributed by atoms with Crippen LogP contribution in [-0.2, 0) is 0 Å². The summed E-state index contributed by atoms with van der Waals surface area (Å²) in [5.41, 5.74) is 7.40. The molecule has 0 aliphatic heterocycles. The Morgan fingerprint density at radius 1 is 1.11 bits per heavy atom. The fourth-order valence-electron chi connectivity index (χ4n) is 1.68. The molecule has 0 fully saturated rings. The van der Waals surface area contributed by atoms with E-state index in [-0.39, 0.29) is 5.82 Å². The van der Waals surface area contributed by atoms with Crippen molar-refractivity contribution in [1.82, 2.24) is 0 Å². The molecule has 0 bridgehead atoms. The number of hydrogen-bond acceptors (Lipinski definition) is 1. The van der Waals surface area contributed by atoms with E-state index in [9.17, 15) is 4.39 Å². The lowest BCUT2D eigenvalue weighted by Crippen LogP contribution is -2.13. The molecule has 0 amide bonds. The molecule has 0 saturated heterocycles. The van der Waals surface area contributed by atoms with Crippen molar-refractivity contribution in [3.05, 3.63) is 67.9 Å². The summed E-state index contributed by atoms with van der Waals surface area (Å²) in [5.74, 6) is -0.346. The van der Waals surface area contributed by atoms with Crippen LogP contribution in [0.5, 0.6) is 0 Å². The highest BCUT2D eigenvalue weighted by atomic mass is 79.9. The molecule has 2 rings (SSSR count). The molecule has 2 aromatic rings. The van der Waals surface area contributed by atoms with Gasteiger partial charge >= 0.3 is 0 Å². The third-order valence-electron chi connectivity index (χ3n) is 2.61. The molecule has 1 unspecified atom stereocenters. The summed E-state index contributed by atoms with van der Waals surface area (Å²) in [4.78, 5) is 0. The Hall–Kier alpha value is -0.610. The lowest BCUT2D eigenvalue weighted by molar-refractivity contribution is 0.623. The standard InChI is InChI=1S/C13H9BrCl2FN/c14-10-5-4-7(17)6-9(10)13(18)8-2-1-3-11(15)12(8)16/h1-6,13H,18H2. The molecule has 94 valence electrons. The first-order valence-electron chi connectivity index (χ1n) is 5.15. The van der Waals surface area contributed by atoms with Gasteiger partial charge in [-0.15, -0.1) is 0 Å². The minimum atomic E-state index is -0.540. The molecule has 2 aromatic carbocycles. The van der Waals surface area contributed by atoms with Gasteiger partial charge in [0.15, 0.2) is 0 Å². The van der Waals surface area contributed by atoms with Gasteiger partial charge in [0, 0.05) is 4.47 Å². The van der Waals surface area contributed by atoms with Crippen LogP contribution >= 0.6 is 39.1 Å². The number of halogens is 4. The summed E-state index contributed by atoms with van der Waals surface area (Å²) in [7, 11) is 0. The second kappa shape index (κ2) is 5.57. The molecule has 0 spiro atoms. The SMILES string of the molecule is NC(c1cc(F)ccc1Br)c1cccc(Cl)c1Cl. The predicted octanol–water partition coefficient (Wildman–Crippen LogP) is 4.94. The third kappa shape index (κ3) is 2.69. The van der Waals surface area contributed by atoms with Crippen LogP contribution in [0.3, 0.4) is 0 Å². The van der Waals surface area contributed by atoms with Crippen molar-refractivity contribution < 1.29 is 4.39 Å². The molecular formula is C13H9BrCl2FN. The lowest BCUT2D eigenvalue weighted by Gasteiger charge is -2.16. The summed E-state index contributed by atoms with van der Waals surface area (Å²) in [6.07, 6.45) is 0. The zero-order chi connectivity index (χ0) is 13.3. The molecule has 0 aliphatic carbocycles. The highest BCUT2D eigenvalue weighted by Crippen LogP contribution is 2.34. The van der Waals surface area contributed by atoms with E-state index in [4.69, 9.17) is 28.9 Å². The Morgan fingerprint density at radius 3 is 2.56 bits per heavy atom. The van der Waals surface area contributed by atoms with E-state index < -0.39 is 6.04 Å². The van der Waals surface area contributed by atoms with Crippen molar-refractivity contribution >= 4 is 39.1 Å². The minimum Gasteiger partial charge on any atom is -0.320 e. The molecule has 0 aliphatic rings. The molecule has 2 N–H and O–H groups in total. The molecule has 1 atom stereocenters. The molecule has 5 heteroatoms. The van der Waals surface area contributed by atoms with E-state index in [0.29, 0.717) is 21.2 Å². The normalized spacial score (nSPS) is 12.5. The smallest absolute Gasteiger partial charge is 0.123 e. The van der Waals surface area contributed by atoms with Crippen molar-refractivity contribution in [2.45, 2.75) is 6.04 Å². The second-order valence-corrected chi connectivity index (χ2v) is 5.43. The Bertz CT molecular complexity index is 587. The lowest BCUT2D eigenvalue weighted by atomic mass is 9.99. The van der Waals surface area contributed by atoms with Crippen molar-refractivity contribution in [1.29, 1.82) is 0 Å². The van der Waals surface area contributed by atoms with E-state index in [1.165, 1.54) is 12.1 Å². The van der Waals surface area contributed by atoms with Crippen LogP contribution in [0.15, 0.2) is 40.9 Å². The average Bonchev–Trinajstić information content (AvgIpc) is 2.35. The van der Waals surface area contributed by atoms with Crippen molar-refractivity contribution in [3.63, 3.8) is 0 Å². The first-order chi connectivity index (χ1) is 8.50. The molecule has 0 radical (unpaired) electrons. The first-order valence-corrected chi connectivity index (χ1v) is 6.70. The zero-order valence-electron chi connectivity index (χ0n) is 9.13. The number of benzene rings is 2. The van der Waals surface area contributed by atoms with Crippen molar-refractivity contribution in [2.24, 2.45) is 5.73 Å². The van der Waals surface area contributed by atoms with Gasteiger partial charge < -0.3 is 5.73 Å². The van der Waals surface area contributed by atoms with Crippen LogP contribution in [0.2, 0.25) is 10.0 Å². The van der Waals surface area contributed by atoms with Gasteiger partial charge in [-0.05, 0) is 35.4 Å². The van der Waals surface area contributed by atoms with Gasteiger partial charge in [0.2, 0.25) is 0 Å². The molecule has 18 heavy (non-hydrogen) atoms. The van der Waals surface area contributed by atoms with Gasteiger partial charge in [0.05, 0.1) is 16.1 Å². The Kier molecular flexibility index (Phi) is 4.28. The van der Waals surface area contributed by atoms with E-state index >= 15 is 0 Å². The van der Waals surface area contributed by atoms with Gasteiger partial charge in [0.1, 0.15) is 5.82 Å². The highest BCUT2D eigenvalue weighted by Gasteiger charge is 2.17. The maximum absolute atomic E-state index is 13.3. The fraction of sp³-hybridized carbons (Fsp3) is 0.0769. The van der Waals surface area contributed by atoms with Gasteiger partial charge in [-0.2, -0.15) is 0 Å². The number of nitrogens with two attached hydrogens (primary N) is 1. The topological polar surface area (TPSA) is 26.0 Å². The van der Waals surface area contributed by atoms with Crippen LogP contribution in [0, 0.1) is 5.82 Å². The third-order valence-corrected chi connectivity index (χ3v) is 4.17. The monoisotopic (exact) mass is 347 g/mol. The van der Waals surface area contributed by atoms with Gasteiger partial charge in [-0.1, -0.05) is 51.3 Å². The van der Waals surface area contributed by atoms with E-state index in [1.54, 1.807) is 24.3 Å². The Morgan fingerprint density at radius 2 is 1.83 bits per heavy atom. The van der Waals surface area contributed by atoms with Crippen LogP contribution < -0.4 is 5.73 Å². The van der Waals surface area contributed by atoms with Crippen molar-refractivity contribution in [2.75, 3.05) is 0 Å². The first kappa shape index (κ1) is 13.8.